The Morgan fingerprint density at radius 3 is 2.50 bits per heavy atom. The number of nitrogens with one attached hydrogen (secondary N) is 1. The summed E-state index contributed by atoms with van der Waals surface area (Å²) >= 11 is 0. The molecule has 3 heteroatoms. The highest BCUT2D eigenvalue weighted by atomic mass is 16.1. The summed E-state index contributed by atoms with van der Waals surface area (Å²) in [4.78, 5) is 10.9. The number of aryl methyl sites for hydroxylation is 2. The van der Waals surface area contributed by atoms with Crippen molar-refractivity contribution in [1.82, 2.24) is 9.78 Å². The Hall–Kier alpha value is -1.77. The minimum Gasteiger partial charge on any atom is -0.268 e. The Morgan fingerprint density at radius 1 is 1.14 bits per heavy atom. The summed E-state index contributed by atoms with van der Waals surface area (Å²) in [5, 5.41) is 2.70. The highest BCUT2D eigenvalue weighted by molar-refractivity contribution is 5.38. The van der Waals surface area contributed by atoms with Crippen LogP contribution in [-0.4, -0.2) is 9.78 Å². The highest BCUT2D eigenvalue weighted by Gasteiger charge is 1.98. The van der Waals surface area contributed by atoms with Gasteiger partial charge in [-0.05, 0) is 37.1 Å². The predicted molar refractivity (Wildman–Crippen MR) is 55.9 cm³/mol. The van der Waals surface area contributed by atoms with Crippen LogP contribution in [0, 0.1) is 13.8 Å². The van der Waals surface area contributed by atoms with E-state index in [2.05, 4.69) is 18.9 Å². The minimum absolute atomic E-state index is 0.0803. The summed E-state index contributed by atoms with van der Waals surface area (Å²) in [6, 6.07) is 7.59. The van der Waals surface area contributed by atoms with Gasteiger partial charge in [0, 0.05) is 12.3 Å². The van der Waals surface area contributed by atoms with E-state index in [0.29, 0.717) is 0 Å². The van der Waals surface area contributed by atoms with E-state index >= 15 is 0 Å². The van der Waals surface area contributed by atoms with Gasteiger partial charge >= 0.3 is 0 Å². The number of aromatic amines is 1. The van der Waals surface area contributed by atoms with Crippen molar-refractivity contribution in [3.05, 3.63) is 51.9 Å². The number of rotatable bonds is 1. The normalized spacial score (nSPS) is 10.4. The van der Waals surface area contributed by atoms with Crippen molar-refractivity contribution in [3.8, 4) is 5.69 Å². The Bertz CT molecular complexity index is 508. The molecule has 2 rings (SSSR count). The molecule has 3 nitrogen and oxygen atoms in total. The molecule has 0 spiro atoms. The van der Waals surface area contributed by atoms with Gasteiger partial charge in [-0.3, -0.25) is 14.6 Å². The molecule has 0 saturated heterocycles. The van der Waals surface area contributed by atoms with Gasteiger partial charge in [-0.1, -0.05) is 6.07 Å². The average molecular weight is 188 g/mol. The molecule has 1 heterocycles. The molecule has 14 heavy (non-hydrogen) atoms. The van der Waals surface area contributed by atoms with Crippen molar-refractivity contribution < 1.29 is 0 Å². The third kappa shape index (κ3) is 1.48. The zero-order valence-corrected chi connectivity index (χ0v) is 8.24. The van der Waals surface area contributed by atoms with Gasteiger partial charge in [0.1, 0.15) is 0 Å². The molecule has 0 amide bonds. The molecule has 0 atom stereocenters. The van der Waals surface area contributed by atoms with Crippen LogP contribution in [-0.2, 0) is 0 Å². The quantitative estimate of drug-likeness (QED) is 0.727. The van der Waals surface area contributed by atoms with E-state index in [4.69, 9.17) is 0 Å². The summed E-state index contributed by atoms with van der Waals surface area (Å²) in [7, 11) is 0. The van der Waals surface area contributed by atoms with Crippen LogP contribution in [0.5, 0.6) is 0 Å². The minimum atomic E-state index is -0.0803. The lowest BCUT2D eigenvalue weighted by molar-refractivity contribution is 0.862. The summed E-state index contributed by atoms with van der Waals surface area (Å²) in [6.45, 7) is 4.12. The molecule has 0 fully saturated rings. The Morgan fingerprint density at radius 2 is 1.93 bits per heavy atom. The first-order valence-electron chi connectivity index (χ1n) is 4.52. The number of benzene rings is 1. The van der Waals surface area contributed by atoms with Gasteiger partial charge in [0.2, 0.25) is 0 Å². The molecule has 0 aliphatic carbocycles. The van der Waals surface area contributed by atoms with E-state index in [1.807, 2.05) is 18.2 Å². The van der Waals surface area contributed by atoms with Gasteiger partial charge in [-0.2, -0.15) is 0 Å². The smallest absolute Gasteiger partial charge is 0.264 e. The summed E-state index contributed by atoms with van der Waals surface area (Å²) in [5.74, 6) is 0. The fourth-order valence-corrected chi connectivity index (χ4v) is 1.36. The SMILES string of the molecule is Cc1ccc(-n2ccc(=O)[nH]2)cc1C. The van der Waals surface area contributed by atoms with Crippen molar-refractivity contribution in [2.75, 3.05) is 0 Å². The summed E-state index contributed by atoms with van der Waals surface area (Å²) in [5.41, 5.74) is 3.37. The Balaban J connectivity index is 2.52. The van der Waals surface area contributed by atoms with Crippen LogP contribution in [0.2, 0.25) is 0 Å². The molecular weight excluding hydrogens is 176 g/mol. The maximum Gasteiger partial charge on any atom is 0.264 e. The van der Waals surface area contributed by atoms with Gasteiger partial charge < -0.3 is 0 Å². The molecule has 0 saturated carbocycles. The first kappa shape index (κ1) is 8.81. The van der Waals surface area contributed by atoms with Crippen molar-refractivity contribution in [1.29, 1.82) is 0 Å². The van der Waals surface area contributed by atoms with Crippen molar-refractivity contribution in [2.45, 2.75) is 13.8 Å². The maximum absolute atomic E-state index is 10.9. The van der Waals surface area contributed by atoms with Crippen LogP contribution in [0.15, 0.2) is 35.3 Å². The van der Waals surface area contributed by atoms with Crippen LogP contribution in [0.1, 0.15) is 11.1 Å². The van der Waals surface area contributed by atoms with Gasteiger partial charge in [0.05, 0.1) is 5.69 Å². The molecule has 72 valence electrons. The van der Waals surface area contributed by atoms with E-state index in [1.165, 1.54) is 17.2 Å². The fraction of sp³-hybridized carbons (Fsp3) is 0.182. The lowest BCUT2D eigenvalue weighted by Gasteiger charge is -2.05. The lowest BCUT2D eigenvalue weighted by Crippen LogP contribution is -2.03. The first-order chi connectivity index (χ1) is 6.66. The van der Waals surface area contributed by atoms with Gasteiger partial charge in [0.25, 0.3) is 5.56 Å². The van der Waals surface area contributed by atoms with Crippen LogP contribution in [0.25, 0.3) is 5.69 Å². The summed E-state index contributed by atoms with van der Waals surface area (Å²) < 4.78 is 1.72. The highest BCUT2D eigenvalue weighted by Crippen LogP contribution is 2.12. The van der Waals surface area contributed by atoms with E-state index in [1.54, 1.807) is 10.9 Å². The van der Waals surface area contributed by atoms with E-state index in [-0.39, 0.29) is 5.56 Å². The second kappa shape index (κ2) is 3.18. The van der Waals surface area contributed by atoms with Gasteiger partial charge in [-0.25, -0.2) is 0 Å². The molecule has 1 N–H and O–H groups in total. The number of nitrogens with zero attached hydrogens (tertiary/aromatic N) is 1. The second-order valence-electron chi connectivity index (χ2n) is 3.43. The van der Waals surface area contributed by atoms with Crippen molar-refractivity contribution in [2.24, 2.45) is 0 Å². The zero-order chi connectivity index (χ0) is 10.1. The molecule has 2 aromatic rings. The number of hydrogen-bond donors (Lipinski definition) is 1. The zero-order valence-electron chi connectivity index (χ0n) is 8.24. The van der Waals surface area contributed by atoms with E-state index in [9.17, 15) is 4.79 Å². The monoisotopic (exact) mass is 188 g/mol. The van der Waals surface area contributed by atoms with Crippen molar-refractivity contribution >= 4 is 0 Å². The van der Waals surface area contributed by atoms with E-state index in [0.717, 1.165) is 5.69 Å². The fourth-order valence-electron chi connectivity index (χ4n) is 1.36. The topological polar surface area (TPSA) is 37.8 Å². The molecule has 0 aliphatic heterocycles. The number of aromatic nitrogens is 2. The second-order valence-corrected chi connectivity index (χ2v) is 3.43. The van der Waals surface area contributed by atoms with E-state index < -0.39 is 0 Å². The number of hydrogen-bond acceptors (Lipinski definition) is 1. The Kier molecular flexibility index (Phi) is 2.00. The maximum atomic E-state index is 10.9. The summed E-state index contributed by atoms with van der Waals surface area (Å²) in [6.07, 6.45) is 1.73. The molecule has 0 unspecified atom stereocenters. The lowest BCUT2D eigenvalue weighted by atomic mass is 10.1. The molecule has 1 aromatic carbocycles. The van der Waals surface area contributed by atoms with Crippen molar-refractivity contribution in [3.63, 3.8) is 0 Å². The molecule has 0 radical (unpaired) electrons. The first-order valence-corrected chi connectivity index (χ1v) is 4.52. The van der Waals surface area contributed by atoms with Crippen LogP contribution in [0.4, 0.5) is 0 Å². The molecule has 0 aliphatic rings. The van der Waals surface area contributed by atoms with Crippen LogP contribution < -0.4 is 5.56 Å². The third-order valence-corrected chi connectivity index (χ3v) is 2.37. The molecular formula is C11H12N2O. The standard InChI is InChI=1S/C11H12N2O/c1-8-3-4-10(7-9(8)2)13-6-5-11(14)12-13/h3-7H,1-2H3,(H,12,14). The molecule has 1 aromatic heterocycles. The molecule has 0 bridgehead atoms. The Labute approximate surface area is 82.0 Å². The van der Waals surface area contributed by atoms with Crippen LogP contribution >= 0.6 is 0 Å². The third-order valence-electron chi connectivity index (χ3n) is 2.37. The number of H-pyrrole nitrogens is 1. The van der Waals surface area contributed by atoms with Gasteiger partial charge in [-0.15, -0.1) is 0 Å². The predicted octanol–water partition coefficient (Wildman–Crippen LogP) is 1.78. The average Bonchev–Trinajstić information content (AvgIpc) is 2.57. The van der Waals surface area contributed by atoms with Gasteiger partial charge in [0.15, 0.2) is 0 Å². The largest absolute Gasteiger partial charge is 0.268 e. The van der Waals surface area contributed by atoms with Crippen LogP contribution in [0.3, 0.4) is 0 Å².